The molecule has 2 aromatic rings. The molecule has 0 aliphatic carbocycles. The average molecular weight is 287 g/mol. The summed E-state index contributed by atoms with van der Waals surface area (Å²) >= 11 is 0. The number of benzene rings is 2. The maximum atomic E-state index is 13.7. The molecule has 2 aromatic carbocycles. The molecule has 1 heterocycles. The van der Waals surface area contributed by atoms with E-state index in [0.717, 1.165) is 35.7 Å². The van der Waals surface area contributed by atoms with Gasteiger partial charge >= 0.3 is 0 Å². The third-order valence-corrected chi connectivity index (χ3v) is 3.64. The Kier molecular flexibility index (Phi) is 4.06. The van der Waals surface area contributed by atoms with Gasteiger partial charge in [-0.2, -0.15) is 0 Å². The van der Waals surface area contributed by atoms with E-state index in [1.807, 2.05) is 30.3 Å². The summed E-state index contributed by atoms with van der Waals surface area (Å²) in [5.74, 6) is 1.42. The maximum absolute atomic E-state index is 13.7. The highest BCUT2D eigenvalue weighted by molar-refractivity contribution is 5.44. The van der Waals surface area contributed by atoms with E-state index < -0.39 is 0 Å². The van der Waals surface area contributed by atoms with Crippen molar-refractivity contribution >= 4 is 0 Å². The number of ether oxygens (including phenoxy) is 2. The van der Waals surface area contributed by atoms with Gasteiger partial charge in [-0.1, -0.05) is 31.2 Å². The van der Waals surface area contributed by atoms with Gasteiger partial charge in [0.05, 0.1) is 0 Å². The lowest BCUT2D eigenvalue weighted by atomic mass is 10.1. The number of halogens is 1. The molecule has 0 amide bonds. The van der Waals surface area contributed by atoms with E-state index in [1.54, 1.807) is 6.07 Å². The smallest absolute Gasteiger partial charge is 0.231 e. The molecule has 0 saturated heterocycles. The van der Waals surface area contributed by atoms with Crippen LogP contribution >= 0.6 is 0 Å². The monoisotopic (exact) mass is 287 g/mol. The zero-order valence-corrected chi connectivity index (χ0v) is 12.0. The highest BCUT2D eigenvalue weighted by atomic mass is 19.1. The summed E-state index contributed by atoms with van der Waals surface area (Å²) in [6, 6.07) is 12.9. The first-order chi connectivity index (χ1) is 10.3. The zero-order chi connectivity index (χ0) is 14.7. The van der Waals surface area contributed by atoms with Crippen molar-refractivity contribution in [2.45, 2.75) is 20.0 Å². The van der Waals surface area contributed by atoms with Gasteiger partial charge in [-0.15, -0.1) is 0 Å². The van der Waals surface area contributed by atoms with Crippen LogP contribution in [0.2, 0.25) is 0 Å². The quantitative estimate of drug-likeness (QED) is 0.839. The zero-order valence-electron chi connectivity index (χ0n) is 12.0. The minimum absolute atomic E-state index is 0.151. The standard InChI is InChI=1S/C17H18FNO2/c1-2-19(11-14-5-3-4-6-15(14)18)10-13-7-8-16-17(9-13)21-12-20-16/h3-9H,2,10-12H2,1H3. The predicted molar refractivity (Wildman–Crippen MR) is 78.8 cm³/mol. The molecule has 0 unspecified atom stereocenters. The molecule has 21 heavy (non-hydrogen) atoms. The Hall–Kier alpha value is -2.07. The van der Waals surface area contributed by atoms with Crippen LogP contribution < -0.4 is 9.47 Å². The summed E-state index contributed by atoms with van der Waals surface area (Å²) in [6.45, 7) is 4.56. The van der Waals surface area contributed by atoms with Crippen molar-refractivity contribution in [1.29, 1.82) is 0 Å². The van der Waals surface area contributed by atoms with Crippen molar-refractivity contribution in [1.82, 2.24) is 4.90 Å². The number of hydrogen-bond acceptors (Lipinski definition) is 3. The Morgan fingerprint density at radius 2 is 1.86 bits per heavy atom. The third-order valence-electron chi connectivity index (χ3n) is 3.64. The summed E-state index contributed by atoms with van der Waals surface area (Å²) < 4.78 is 24.4. The topological polar surface area (TPSA) is 21.7 Å². The maximum Gasteiger partial charge on any atom is 0.231 e. The van der Waals surface area contributed by atoms with Crippen LogP contribution in [0.15, 0.2) is 42.5 Å². The molecule has 0 bridgehead atoms. The van der Waals surface area contributed by atoms with Crippen molar-refractivity contribution < 1.29 is 13.9 Å². The minimum Gasteiger partial charge on any atom is -0.454 e. The molecule has 0 saturated carbocycles. The van der Waals surface area contributed by atoms with E-state index in [9.17, 15) is 4.39 Å². The lowest BCUT2D eigenvalue weighted by molar-refractivity contribution is 0.174. The first kappa shape index (κ1) is 13.9. The van der Waals surface area contributed by atoms with Gasteiger partial charge in [0.2, 0.25) is 6.79 Å². The largest absolute Gasteiger partial charge is 0.454 e. The fourth-order valence-corrected chi connectivity index (χ4v) is 2.44. The molecule has 0 aromatic heterocycles. The van der Waals surface area contributed by atoms with Gasteiger partial charge in [-0.3, -0.25) is 4.90 Å². The van der Waals surface area contributed by atoms with Crippen molar-refractivity contribution in [2.75, 3.05) is 13.3 Å². The SMILES string of the molecule is CCN(Cc1ccc2c(c1)OCO2)Cc1ccccc1F. The second kappa shape index (κ2) is 6.14. The van der Waals surface area contributed by atoms with Crippen LogP contribution in [0.4, 0.5) is 4.39 Å². The highest BCUT2D eigenvalue weighted by Gasteiger charge is 2.14. The van der Waals surface area contributed by atoms with E-state index >= 15 is 0 Å². The van der Waals surface area contributed by atoms with E-state index in [1.165, 1.54) is 6.07 Å². The van der Waals surface area contributed by atoms with Crippen molar-refractivity contribution in [2.24, 2.45) is 0 Å². The summed E-state index contributed by atoms with van der Waals surface area (Å²) in [7, 11) is 0. The number of rotatable bonds is 5. The third kappa shape index (κ3) is 3.16. The Morgan fingerprint density at radius 3 is 2.67 bits per heavy atom. The van der Waals surface area contributed by atoms with Gasteiger partial charge in [0, 0.05) is 18.7 Å². The Morgan fingerprint density at radius 1 is 1.05 bits per heavy atom. The van der Waals surface area contributed by atoms with Crippen LogP contribution in [0, 0.1) is 5.82 Å². The van der Waals surface area contributed by atoms with Gasteiger partial charge in [-0.25, -0.2) is 4.39 Å². The molecule has 0 radical (unpaired) electrons. The Balaban J connectivity index is 1.71. The van der Waals surface area contributed by atoms with Crippen LogP contribution in [0.25, 0.3) is 0 Å². The molecule has 0 N–H and O–H groups in total. The second-order valence-electron chi connectivity index (χ2n) is 5.08. The first-order valence-corrected chi connectivity index (χ1v) is 7.10. The number of hydrogen-bond donors (Lipinski definition) is 0. The average Bonchev–Trinajstić information content (AvgIpc) is 2.96. The molecule has 3 nitrogen and oxygen atoms in total. The van der Waals surface area contributed by atoms with E-state index in [-0.39, 0.29) is 12.6 Å². The predicted octanol–water partition coefficient (Wildman–Crippen LogP) is 3.58. The van der Waals surface area contributed by atoms with E-state index in [2.05, 4.69) is 11.8 Å². The molecule has 3 rings (SSSR count). The summed E-state index contributed by atoms with van der Waals surface area (Å²) in [4.78, 5) is 2.19. The van der Waals surface area contributed by atoms with Gasteiger partial charge in [0.1, 0.15) is 5.82 Å². The van der Waals surface area contributed by atoms with E-state index in [4.69, 9.17) is 9.47 Å². The molecular formula is C17H18FNO2. The molecule has 0 spiro atoms. The van der Waals surface area contributed by atoms with Crippen molar-refractivity contribution in [3.05, 3.63) is 59.4 Å². The molecule has 4 heteroatoms. The van der Waals surface area contributed by atoms with Gasteiger partial charge in [0.15, 0.2) is 11.5 Å². The molecule has 1 aliphatic heterocycles. The molecular weight excluding hydrogens is 269 g/mol. The minimum atomic E-state index is -0.151. The summed E-state index contributed by atoms with van der Waals surface area (Å²) in [5.41, 5.74) is 1.86. The summed E-state index contributed by atoms with van der Waals surface area (Å²) in [6.07, 6.45) is 0. The number of fused-ring (bicyclic) bond motifs is 1. The van der Waals surface area contributed by atoms with Crippen LogP contribution in [-0.4, -0.2) is 18.2 Å². The normalized spacial score (nSPS) is 12.9. The van der Waals surface area contributed by atoms with Crippen LogP contribution in [-0.2, 0) is 13.1 Å². The van der Waals surface area contributed by atoms with Crippen LogP contribution in [0.1, 0.15) is 18.1 Å². The van der Waals surface area contributed by atoms with Crippen LogP contribution in [0.3, 0.4) is 0 Å². The fraction of sp³-hybridized carbons (Fsp3) is 0.294. The summed E-state index contributed by atoms with van der Waals surface area (Å²) in [5, 5.41) is 0. The van der Waals surface area contributed by atoms with Crippen molar-refractivity contribution in [3.8, 4) is 11.5 Å². The lowest BCUT2D eigenvalue weighted by Crippen LogP contribution is -2.22. The first-order valence-electron chi connectivity index (χ1n) is 7.10. The number of nitrogens with zero attached hydrogens (tertiary/aromatic N) is 1. The molecule has 1 aliphatic rings. The van der Waals surface area contributed by atoms with E-state index in [0.29, 0.717) is 6.54 Å². The lowest BCUT2D eigenvalue weighted by Gasteiger charge is -2.21. The molecule has 0 fully saturated rings. The molecule has 0 atom stereocenters. The van der Waals surface area contributed by atoms with Gasteiger partial charge in [-0.05, 0) is 30.3 Å². The van der Waals surface area contributed by atoms with Gasteiger partial charge < -0.3 is 9.47 Å². The van der Waals surface area contributed by atoms with Crippen LogP contribution in [0.5, 0.6) is 11.5 Å². The Labute approximate surface area is 123 Å². The highest BCUT2D eigenvalue weighted by Crippen LogP contribution is 2.32. The van der Waals surface area contributed by atoms with Gasteiger partial charge in [0.25, 0.3) is 0 Å². The second-order valence-corrected chi connectivity index (χ2v) is 5.08. The Bertz CT molecular complexity index is 630. The molecule has 110 valence electrons. The van der Waals surface area contributed by atoms with Crippen molar-refractivity contribution in [3.63, 3.8) is 0 Å². The fourth-order valence-electron chi connectivity index (χ4n) is 2.44.